The van der Waals surface area contributed by atoms with Gasteiger partial charge < -0.3 is 14.2 Å². The van der Waals surface area contributed by atoms with Crippen molar-refractivity contribution in [1.82, 2.24) is 19.7 Å². The van der Waals surface area contributed by atoms with E-state index in [1.807, 2.05) is 53.4 Å². The highest BCUT2D eigenvalue weighted by Crippen LogP contribution is 2.21. The third-order valence-corrected chi connectivity index (χ3v) is 5.34. The fourth-order valence-corrected chi connectivity index (χ4v) is 3.82. The smallest absolute Gasteiger partial charge is 0.260 e. The number of rotatable bonds is 7. The fourth-order valence-electron chi connectivity index (χ4n) is 3.82. The molecule has 2 heterocycles. The Bertz CT molecular complexity index is 911. The third-order valence-electron chi connectivity index (χ3n) is 5.34. The van der Waals surface area contributed by atoms with Crippen LogP contribution in [0.25, 0.3) is 0 Å². The Labute approximate surface area is 171 Å². The highest BCUT2D eigenvalue weighted by atomic mass is 16.5. The topological polar surface area (TPSA) is 60.2 Å². The van der Waals surface area contributed by atoms with Gasteiger partial charge in [0.25, 0.3) is 5.91 Å². The molecule has 1 saturated heterocycles. The number of hydrogen-bond donors (Lipinski definition) is 0. The fraction of sp³-hybridized carbons (Fsp3) is 0.348. The van der Waals surface area contributed by atoms with E-state index in [9.17, 15) is 4.79 Å². The second kappa shape index (κ2) is 9.37. The van der Waals surface area contributed by atoms with Gasteiger partial charge in [-0.3, -0.25) is 4.79 Å². The summed E-state index contributed by atoms with van der Waals surface area (Å²) in [7, 11) is 0. The van der Waals surface area contributed by atoms with Gasteiger partial charge in [-0.25, -0.2) is 0 Å². The van der Waals surface area contributed by atoms with Gasteiger partial charge in [0.1, 0.15) is 17.9 Å². The van der Waals surface area contributed by atoms with Crippen molar-refractivity contribution in [3.05, 3.63) is 78.4 Å². The molecule has 6 nitrogen and oxygen atoms in total. The van der Waals surface area contributed by atoms with E-state index in [0.29, 0.717) is 5.92 Å². The first-order valence-corrected chi connectivity index (χ1v) is 10.1. The minimum absolute atomic E-state index is 0.0457. The summed E-state index contributed by atoms with van der Waals surface area (Å²) < 4.78 is 7.74. The predicted octanol–water partition coefficient (Wildman–Crippen LogP) is 3.19. The number of carbonyl (C=O) groups excluding carboxylic acids is 1. The van der Waals surface area contributed by atoms with E-state index >= 15 is 0 Å². The quantitative estimate of drug-likeness (QED) is 0.622. The second-order valence-electron chi connectivity index (χ2n) is 7.51. The van der Waals surface area contributed by atoms with Crippen LogP contribution in [0.2, 0.25) is 0 Å². The Morgan fingerprint density at radius 1 is 1.07 bits per heavy atom. The molecule has 0 aliphatic carbocycles. The number of piperidine rings is 1. The van der Waals surface area contributed by atoms with Crippen molar-refractivity contribution in [2.45, 2.75) is 25.8 Å². The van der Waals surface area contributed by atoms with Gasteiger partial charge in [0.15, 0.2) is 6.61 Å². The summed E-state index contributed by atoms with van der Waals surface area (Å²) in [4.78, 5) is 14.5. The molecule has 1 amide bonds. The first-order chi connectivity index (χ1) is 14.3. The van der Waals surface area contributed by atoms with Crippen LogP contribution in [-0.2, 0) is 17.8 Å². The van der Waals surface area contributed by atoms with E-state index in [-0.39, 0.29) is 12.5 Å². The molecule has 3 aromatic rings. The number of nitrogens with zero attached hydrogens (tertiary/aromatic N) is 4. The van der Waals surface area contributed by atoms with Gasteiger partial charge in [-0.2, -0.15) is 0 Å². The van der Waals surface area contributed by atoms with Gasteiger partial charge in [-0.15, -0.1) is 10.2 Å². The zero-order valence-corrected chi connectivity index (χ0v) is 16.5. The van der Waals surface area contributed by atoms with Gasteiger partial charge in [-0.05, 0) is 36.5 Å². The van der Waals surface area contributed by atoms with Gasteiger partial charge in [0, 0.05) is 19.5 Å². The maximum absolute atomic E-state index is 12.6. The Morgan fingerprint density at radius 2 is 1.83 bits per heavy atom. The zero-order valence-electron chi connectivity index (χ0n) is 16.5. The molecule has 6 heteroatoms. The molecule has 1 aliphatic rings. The molecule has 0 N–H and O–H groups in total. The molecule has 0 saturated carbocycles. The first-order valence-electron chi connectivity index (χ1n) is 10.1. The standard InChI is InChI=1S/C23H26N4O2/c28-23(17-29-21-11-5-2-6-12-21)26-13-7-10-20(16-26)14-22-25-24-18-27(22)15-19-8-3-1-4-9-19/h1-6,8-9,11-12,18,20H,7,10,13-17H2. The molecule has 1 fully saturated rings. The minimum atomic E-state index is 0.0457. The van der Waals surface area contributed by atoms with E-state index in [0.717, 1.165) is 50.5 Å². The Hall–Kier alpha value is -3.15. The molecule has 1 unspecified atom stereocenters. The first kappa shape index (κ1) is 19.2. The summed E-state index contributed by atoms with van der Waals surface area (Å²) in [6, 6.07) is 19.8. The highest BCUT2D eigenvalue weighted by molar-refractivity contribution is 5.77. The maximum Gasteiger partial charge on any atom is 0.260 e. The van der Waals surface area contributed by atoms with Crippen LogP contribution in [-0.4, -0.2) is 45.3 Å². The largest absolute Gasteiger partial charge is 0.484 e. The predicted molar refractivity (Wildman–Crippen MR) is 111 cm³/mol. The lowest BCUT2D eigenvalue weighted by Gasteiger charge is -2.32. The van der Waals surface area contributed by atoms with E-state index in [2.05, 4.69) is 26.9 Å². The Balaban J connectivity index is 1.32. The molecule has 1 aliphatic heterocycles. The molecule has 1 atom stereocenters. The van der Waals surface area contributed by atoms with Crippen molar-refractivity contribution in [2.75, 3.05) is 19.7 Å². The molecular weight excluding hydrogens is 364 g/mol. The van der Waals surface area contributed by atoms with Crippen molar-refractivity contribution in [3.63, 3.8) is 0 Å². The summed E-state index contributed by atoms with van der Waals surface area (Å²) >= 11 is 0. The summed E-state index contributed by atoms with van der Waals surface area (Å²) in [6.07, 6.45) is 4.73. The van der Waals surface area contributed by atoms with Crippen LogP contribution in [0.5, 0.6) is 5.75 Å². The maximum atomic E-state index is 12.6. The lowest BCUT2D eigenvalue weighted by atomic mass is 9.94. The van der Waals surface area contributed by atoms with Gasteiger partial charge in [0.2, 0.25) is 0 Å². The summed E-state index contributed by atoms with van der Waals surface area (Å²) in [5.41, 5.74) is 1.23. The third kappa shape index (κ3) is 5.22. The average molecular weight is 390 g/mol. The molecule has 29 heavy (non-hydrogen) atoms. The number of benzene rings is 2. The van der Waals surface area contributed by atoms with E-state index in [1.54, 1.807) is 6.33 Å². The molecule has 4 rings (SSSR count). The van der Waals surface area contributed by atoms with E-state index in [4.69, 9.17) is 4.74 Å². The van der Waals surface area contributed by atoms with Gasteiger partial charge in [0.05, 0.1) is 6.54 Å². The molecule has 2 aromatic carbocycles. The molecule has 0 spiro atoms. The van der Waals surface area contributed by atoms with E-state index in [1.165, 1.54) is 5.56 Å². The Kier molecular flexibility index (Phi) is 6.19. The summed E-state index contributed by atoms with van der Waals surface area (Å²) in [6.45, 7) is 2.39. The lowest BCUT2D eigenvalue weighted by molar-refractivity contribution is -0.135. The number of hydrogen-bond acceptors (Lipinski definition) is 4. The molecule has 0 radical (unpaired) electrons. The number of carbonyl (C=O) groups is 1. The van der Waals surface area contributed by atoms with Crippen LogP contribution in [0.15, 0.2) is 67.0 Å². The van der Waals surface area contributed by atoms with Gasteiger partial charge >= 0.3 is 0 Å². The second-order valence-corrected chi connectivity index (χ2v) is 7.51. The summed E-state index contributed by atoms with van der Waals surface area (Å²) in [5, 5.41) is 8.45. The molecular formula is C23H26N4O2. The van der Waals surface area contributed by atoms with Crippen LogP contribution in [0.1, 0.15) is 24.2 Å². The number of para-hydroxylation sites is 1. The normalized spacial score (nSPS) is 16.6. The number of aromatic nitrogens is 3. The van der Waals surface area contributed by atoms with Crippen molar-refractivity contribution in [2.24, 2.45) is 5.92 Å². The molecule has 150 valence electrons. The molecule has 1 aromatic heterocycles. The van der Waals surface area contributed by atoms with Crippen LogP contribution in [0.4, 0.5) is 0 Å². The van der Waals surface area contributed by atoms with Crippen molar-refractivity contribution in [3.8, 4) is 5.75 Å². The van der Waals surface area contributed by atoms with Crippen LogP contribution in [0.3, 0.4) is 0 Å². The SMILES string of the molecule is O=C(COc1ccccc1)N1CCCC(Cc2nncn2Cc2ccccc2)C1. The minimum Gasteiger partial charge on any atom is -0.484 e. The number of ether oxygens (including phenoxy) is 1. The number of amides is 1. The van der Waals surface area contributed by atoms with Crippen LogP contribution < -0.4 is 4.74 Å². The molecule has 0 bridgehead atoms. The van der Waals surface area contributed by atoms with Gasteiger partial charge in [-0.1, -0.05) is 48.5 Å². The zero-order chi connectivity index (χ0) is 19.9. The van der Waals surface area contributed by atoms with Crippen LogP contribution in [0, 0.1) is 5.92 Å². The van der Waals surface area contributed by atoms with Crippen LogP contribution >= 0.6 is 0 Å². The highest BCUT2D eigenvalue weighted by Gasteiger charge is 2.25. The number of likely N-dealkylation sites (tertiary alicyclic amines) is 1. The lowest BCUT2D eigenvalue weighted by Crippen LogP contribution is -2.43. The average Bonchev–Trinajstić information content (AvgIpc) is 3.20. The van der Waals surface area contributed by atoms with Crippen molar-refractivity contribution >= 4 is 5.91 Å². The van der Waals surface area contributed by atoms with E-state index < -0.39 is 0 Å². The monoisotopic (exact) mass is 390 g/mol. The summed E-state index contributed by atoms with van der Waals surface area (Å²) in [5.74, 6) is 2.14. The van der Waals surface area contributed by atoms with Crippen molar-refractivity contribution in [1.29, 1.82) is 0 Å². The Morgan fingerprint density at radius 3 is 2.62 bits per heavy atom. The van der Waals surface area contributed by atoms with Crippen molar-refractivity contribution < 1.29 is 9.53 Å².